The number of rotatable bonds is 7. The molecule has 0 spiro atoms. The molecule has 6 heteroatoms. The van der Waals surface area contributed by atoms with Gasteiger partial charge in [0.2, 0.25) is 0 Å². The smallest absolute Gasteiger partial charge is 0.279 e. The van der Waals surface area contributed by atoms with Gasteiger partial charge < -0.3 is 19.7 Å². The average Bonchev–Trinajstić information content (AvgIpc) is 2.67. The highest BCUT2D eigenvalue weighted by molar-refractivity contribution is 6.31. The second-order valence-electron chi connectivity index (χ2n) is 6.75. The number of carbonyl (C=O) groups is 1. The third-order valence-corrected chi connectivity index (χ3v) is 4.75. The maximum Gasteiger partial charge on any atom is 0.279 e. The topological polar surface area (TPSA) is 52.0 Å². The van der Waals surface area contributed by atoms with Gasteiger partial charge in [0.1, 0.15) is 18.0 Å². The van der Waals surface area contributed by atoms with Crippen molar-refractivity contribution in [3.8, 4) is 11.5 Å². The van der Waals surface area contributed by atoms with Gasteiger partial charge in [0.05, 0.1) is 27.0 Å². The molecule has 3 aromatic carbocycles. The highest BCUT2D eigenvalue weighted by atomic mass is 35.5. The zero-order valence-electron chi connectivity index (χ0n) is 16.2. The van der Waals surface area contributed by atoms with Crippen LogP contribution in [-0.2, 0) is 11.3 Å². The molecule has 1 unspecified atom stereocenters. The van der Waals surface area contributed by atoms with Crippen molar-refractivity contribution >= 4 is 34.0 Å². The molecular weight excluding hydrogens is 376 g/mol. The van der Waals surface area contributed by atoms with Gasteiger partial charge in [-0.25, -0.2) is 0 Å². The summed E-state index contributed by atoms with van der Waals surface area (Å²) in [5, 5.41) is 5.71. The fraction of sp³-hybridized carbons (Fsp3) is 0.227. The molecule has 2 N–H and O–H groups in total. The van der Waals surface area contributed by atoms with Gasteiger partial charge in [-0.05, 0) is 47.2 Å². The number of hydrogen-bond donors (Lipinski definition) is 2. The number of nitrogens with one attached hydrogen (secondary N) is 2. The van der Waals surface area contributed by atoms with E-state index in [4.69, 9.17) is 21.1 Å². The van der Waals surface area contributed by atoms with Gasteiger partial charge in [-0.3, -0.25) is 4.79 Å². The Morgan fingerprint density at radius 2 is 1.75 bits per heavy atom. The first-order valence-corrected chi connectivity index (χ1v) is 9.37. The number of likely N-dealkylation sites (N-methyl/N-ethyl adjacent to an activating group) is 1. The lowest BCUT2D eigenvalue weighted by molar-refractivity contribution is -0.885. The van der Waals surface area contributed by atoms with Gasteiger partial charge >= 0.3 is 0 Å². The van der Waals surface area contributed by atoms with Crippen LogP contribution in [0, 0.1) is 0 Å². The molecule has 1 amide bonds. The van der Waals surface area contributed by atoms with Crippen LogP contribution in [0.3, 0.4) is 0 Å². The fourth-order valence-electron chi connectivity index (χ4n) is 3.17. The van der Waals surface area contributed by atoms with Crippen LogP contribution in [-0.4, -0.2) is 33.7 Å². The van der Waals surface area contributed by atoms with E-state index in [9.17, 15) is 4.79 Å². The van der Waals surface area contributed by atoms with Gasteiger partial charge in [0.25, 0.3) is 5.91 Å². The summed E-state index contributed by atoms with van der Waals surface area (Å²) in [6, 6.07) is 17.5. The summed E-state index contributed by atoms with van der Waals surface area (Å²) < 4.78 is 10.5. The van der Waals surface area contributed by atoms with E-state index in [0.29, 0.717) is 23.0 Å². The Morgan fingerprint density at radius 1 is 1.00 bits per heavy atom. The molecule has 0 aliphatic heterocycles. The quantitative estimate of drug-likeness (QED) is 0.641. The number of ether oxygens (including phenoxy) is 2. The van der Waals surface area contributed by atoms with Gasteiger partial charge in [-0.1, -0.05) is 29.8 Å². The van der Waals surface area contributed by atoms with Crippen LogP contribution in [0.4, 0.5) is 5.69 Å². The highest BCUT2D eigenvalue weighted by Crippen LogP contribution is 2.27. The van der Waals surface area contributed by atoms with Crippen LogP contribution in [0.15, 0.2) is 54.6 Å². The minimum atomic E-state index is -0.0939. The number of carbonyl (C=O) groups excluding carboxylic acids is 1. The Kier molecular flexibility index (Phi) is 6.39. The first-order chi connectivity index (χ1) is 13.5. The van der Waals surface area contributed by atoms with Gasteiger partial charge in [0.15, 0.2) is 6.54 Å². The van der Waals surface area contributed by atoms with Crippen LogP contribution in [0.2, 0.25) is 5.02 Å². The van der Waals surface area contributed by atoms with Crippen LogP contribution >= 0.6 is 11.6 Å². The van der Waals surface area contributed by atoms with Crippen LogP contribution in [0.5, 0.6) is 11.5 Å². The van der Waals surface area contributed by atoms with E-state index < -0.39 is 0 Å². The van der Waals surface area contributed by atoms with Gasteiger partial charge in [-0.2, -0.15) is 0 Å². The third-order valence-electron chi connectivity index (χ3n) is 4.52. The first-order valence-electron chi connectivity index (χ1n) is 9.00. The molecule has 0 radical (unpaired) electrons. The number of fused-ring (bicyclic) bond motifs is 1. The molecule has 0 aromatic heterocycles. The molecule has 1 atom stereocenters. The molecule has 0 saturated carbocycles. The van der Waals surface area contributed by atoms with E-state index in [2.05, 4.69) is 23.5 Å². The Hall–Kier alpha value is -2.76. The van der Waals surface area contributed by atoms with Crippen LogP contribution in [0.1, 0.15) is 5.56 Å². The summed E-state index contributed by atoms with van der Waals surface area (Å²) in [6.45, 7) is 1.07. The van der Waals surface area contributed by atoms with E-state index >= 15 is 0 Å². The first kappa shape index (κ1) is 20.0. The molecule has 0 aliphatic carbocycles. The van der Waals surface area contributed by atoms with E-state index in [1.165, 1.54) is 5.56 Å². The Bertz CT molecular complexity index is 991. The molecule has 3 aromatic rings. The van der Waals surface area contributed by atoms with Crippen molar-refractivity contribution in [2.75, 3.05) is 33.1 Å². The molecule has 0 aliphatic rings. The number of quaternary nitrogens is 1. The van der Waals surface area contributed by atoms with Crippen molar-refractivity contribution in [1.29, 1.82) is 0 Å². The number of halogens is 1. The Morgan fingerprint density at radius 3 is 2.50 bits per heavy atom. The minimum Gasteiger partial charge on any atom is -0.497 e. The lowest BCUT2D eigenvalue weighted by Crippen LogP contribution is -3.08. The molecule has 28 heavy (non-hydrogen) atoms. The second kappa shape index (κ2) is 8.95. The number of amides is 1. The van der Waals surface area contributed by atoms with Gasteiger partial charge in [-0.15, -0.1) is 0 Å². The maximum absolute atomic E-state index is 12.4. The van der Waals surface area contributed by atoms with E-state index in [1.54, 1.807) is 32.4 Å². The lowest BCUT2D eigenvalue weighted by atomic mass is 10.1. The molecule has 0 saturated heterocycles. The van der Waals surface area contributed by atoms with Crippen molar-refractivity contribution < 1.29 is 19.2 Å². The number of hydrogen-bond acceptors (Lipinski definition) is 3. The maximum atomic E-state index is 12.4. The van der Waals surface area contributed by atoms with Crippen LogP contribution < -0.4 is 19.7 Å². The zero-order valence-corrected chi connectivity index (χ0v) is 17.0. The van der Waals surface area contributed by atoms with E-state index in [1.807, 2.05) is 25.2 Å². The monoisotopic (exact) mass is 399 g/mol. The average molecular weight is 400 g/mol. The second-order valence-corrected chi connectivity index (χ2v) is 7.19. The van der Waals surface area contributed by atoms with Crippen molar-refractivity contribution in [2.45, 2.75) is 6.54 Å². The van der Waals surface area contributed by atoms with Crippen molar-refractivity contribution in [3.05, 3.63) is 65.2 Å². The SMILES string of the molecule is COc1ccc2cc(C[NH+](C)CC(=O)Nc3cc(Cl)ccc3OC)ccc2c1. The fourth-order valence-corrected chi connectivity index (χ4v) is 3.34. The third kappa shape index (κ3) is 4.94. The number of methoxy groups -OCH3 is 2. The number of benzene rings is 3. The predicted molar refractivity (Wildman–Crippen MR) is 113 cm³/mol. The van der Waals surface area contributed by atoms with Crippen molar-refractivity contribution in [1.82, 2.24) is 0 Å². The predicted octanol–water partition coefficient (Wildman–Crippen LogP) is 3.16. The molecule has 146 valence electrons. The zero-order chi connectivity index (χ0) is 20.1. The van der Waals surface area contributed by atoms with Crippen molar-refractivity contribution in [2.24, 2.45) is 0 Å². The summed E-state index contributed by atoms with van der Waals surface area (Å²) in [7, 11) is 5.22. The summed E-state index contributed by atoms with van der Waals surface area (Å²) in [5.41, 5.74) is 1.75. The van der Waals surface area contributed by atoms with E-state index in [-0.39, 0.29) is 5.91 Å². The number of anilines is 1. The standard InChI is InChI=1S/C22H23ClN2O3/c1-25(14-22(26)24-20-12-18(23)7-9-21(20)28-3)13-15-4-5-17-11-19(27-2)8-6-16(17)10-15/h4-12H,13-14H2,1-3H3,(H,24,26)/p+1. The molecule has 0 heterocycles. The summed E-state index contributed by atoms with van der Waals surface area (Å²) in [4.78, 5) is 13.5. The molecular formula is C22H24ClN2O3+. The Labute approximate surface area is 169 Å². The van der Waals surface area contributed by atoms with Gasteiger partial charge in [0, 0.05) is 10.6 Å². The summed E-state index contributed by atoms with van der Waals surface area (Å²) >= 11 is 6.02. The molecule has 0 fully saturated rings. The minimum absolute atomic E-state index is 0.0939. The van der Waals surface area contributed by atoms with E-state index in [0.717, 1.165) is 28.0 Å². The van der Waals surface area contributed by atoms with Crippen LogP contribution in [0.25, 0.3) is 10.8 Å². The summed E-state index contributed by atoms with van der Waals surface area (Å²) in [6.07, 6.45) is 0. The lowest BCUT2D eigenvalue weighted by Gasteiger charge is -2.15. The Balaban J connectivity index is 1.63. The van der Waals surface area contributed by atoms with Crippen molar-refractivity contribution in [3.63, 3.8) is 0 Å². The molecule has 3 rings (SSSR count). The highest BCUT2D eigenvalue weighted by Gasteiger charge is 2.14. The summed E-state index contributed by atoms with van der Waals surface area (Å²) in [5.74, 6) is 1.33. The largest absolute Gasteiger partial charge is 0.497 e. The molecule has 5 nitrogen and oxygen atoms in total. The normalized spacial score (nSPS) is 11.9. The molecule has 0 bridgehead atoms.